The first kappa shape index (κ1) is 21.3. The third kappa shape index (κ3) is 4.94. The average molecular weight is 422 g/mol. The molecule has 1 aliphatic rings. The van der Waals surface area contributed by atoms with Crippen molar-refractivity contribution in [2.24, 2.45) is 5.92 Å². The van der Waals surface area contributed by atoms with Crippen molar-refractivity contribution in [2.75, 3.05) is 13.2 Å². The predicted molar refractivity (Wildman–Crippen MR) is 109 cm³/mol. The lowest BCUT2D eigenvalue weighted by Crippen LogP contribution is -2.60. The number of ether oxygens (including phenoxy) is 1. The molecule has 0 saturated carbocycles. The van der Waals surface area contributed by atoms with Crippen LogP contribution in [0.3, 0.4) is 0 Å². The van der Waals surface area contributed by atoms with Crippen molar-refractivity contribution in [2.45, 2.75) is 51.7 Å². The molecule has 3 heterocycles. The second kappa shape index (κ2) is 9.36. The fourth-order valence-corrected chi connectivity index (χ4v) is 4.21. The SMILES string of the molecule is CC[C@H](C)[C@H](NC(C)=O)C(=O)N[C@@H]1CCOC[C@@H]1NC(=O)c1csc2cncn12. The first-order valence-corrected chi connectivity index (χ1v) is 10.6. The van der Waals surface area contributed by atoms with E-state index in [0.29, 0.717) is 25.3 Å². The van der Waals surface area contributed by atoms with E-state index in [2.05, 4.69) is 20.9 Å². The molecule has 4 atom stereocenters. The number of thiazole rings is 1. The number of amides is 3. The summed E-state index contributed by atoms with van der Waals surface area (Å²) in [5.41, 5.74) is 0.494. The third-order valence-corrected chi connectivity index (χ3v) is 6.13. The lowest BCUT2D eigenvalue weighted by molar-refractivity contribution is -0.130. The van der Waals surface area contributed by atoms with Crippen LogP contribution in [0.4, 0.5) is 0 Å². The molecule has 1 aliphatic heterocycles. The van der Waals surface area contributed by atoms with Gasteiger partial charge in [-0.25, -0.2) is 4.98 Å². The highest BCUT2D eigenvalue weighted by Gasteiger charge is 2.33. The van der Waals surface area contributed by atoms with Gasteiger partial charge in [0, 0.05) is 18.9 Å². The standard InChI is InChI=1S/C19H27N5O4S/c1-4-11(2)17(21-12(3)25)19(27)22-13-5-6-28-8-14(13)23-18(26)15-9-29-16-7-20-10-24(15)16/h7,9-11,13-14,17H,4-6,8H2,1-3H3,(H,21,25)(H,22,27)(H,23,26)/t11-,13+,14-,17-/m0/s1. The zero-order chi connectivity index (χ0) is 21.0. The summed E-state index contributed by atoms with van der Waals surface area (Å²) in [4.78, 5) is 42.1. The highest BCUT2D eigenvalue weighted by Crippen LogP contribution is 2.17. The van der Waals surface area contributed by atoms with E-state index in [-0.39, 0.29) is 35.7 Å². The Hall–Kier alpha value is -2.46. The van der Waals surface area contributed by atoms with E-state index >= 15 is 0 Å². The van der Waals surface area contributed by atoms with E-state index in [1.165, 1.54) is 18.3 Å². The molecule has 0 spiro atoms. The summed E-state index contributed by atoms with van der Waals surface area (Å²) < 4.78 is 7.26. The van der Waals surface area contributed by atoms with Crippen molar-refractivity contribution in [1.29, 1.82) is 0 Å². The monoisotopic (exact) mass is 421 g/mol. The summed E-state index contributed by atoms with van der Waals surface area (Å²) in [6.45, 7) is 6.10. The van der Waals surface area contributed by atoms with Crippen LogP contribution < -0.4 is 16.0 Å². The van der Waals surface area contributed by atoms with Crippen LogP contribution in [0.15, 0.2) is 17.9 Å². The molecule has 0 bridgehead atoms. The van der Waals surface area contributed by atoms with Crippen LogP contribution in [0.25, 0.3) is 4.83 Å². The second-order valence-electron chi connectivity index (χ2n) is 7.35. The van der Waals surface area contributed by atoms with E-state index in [1.54, 1.807) is 22.3 Å². The Morgan fingerprint density at radius 1 is 1.34 bits per heavy atom. The lowest BCUT2D eigenvalue weighted by atomic mass is 9.96. The van der Waals surface area contributed by atoms with Crippen LogP contribution in [-0.2, 0) is 14.3 Å². The molecule has 0 unspecified atom stereocenters. The summed E-state index contributed by atoms with van der Waals surface area (Å²) in [5, 5.41) is 10.5. The fourth-order valence-electron chi connectivity index (χ4n) is 3.38. The van der Waals surface area contributed by atoms with Gasteiger partial charge >= 0.3 is 0 Å². The number of nitrogens with one attached hydrogen (secondary N) is 3. The maximum Gasteiger partial charge on any atom is 0.269 e. The van der Waals surface area contributed by atoms with Gasteiger partial charge in [0.15, 0.2) is 0 Å². The number of fused-ring (bicyclic) bond motifs is 1. The van der Waals surface area contributed by atoms with Crippen molar-refractivity contribution in [3.05, 3.63) is 23.6 Å². The van der Waals surface area contributed by atoms with E-state index in [4.69, 9.17) is 4.74 Å². The van der Waals surface area contributed by atoms with Crippen LogP contribution in [0, 0.1) is 5.92 Å². The maximum atomic E-state index is 12.9. The number of carbonyl (C=O) groups excluding carboxylic acids is 3. The van der Waals surface area contributed by atoms with Gasteiger partial charge in [-0.15, -0.1) is 11.3 Å². The van der Waals surface area contributed by atoms with Gasteiger partial charge in [-0.2, -0.15) is 0 Å². The van der Waals surface area contributed by atoms with Crippen molar-refractivity contribution in [3.8, 4) is 0 Å². The molecule has 3 amide bonds. The molecule has 1 saturated heterocycles. The predicted octanol–water partition coefficient (Wildman–Crippen LogP) is 0.950. The molecular weight excluding hydrogens is 394 g/mol. The largest absolute Gasteiger partial charge is 0.379 e. The van der Waals surface area contributed by atoms with Crippen LogP contribution in [0.2, 0.25) is 0 Å². The second-order valence-corrected chi connectivity index (χ2v) is 8.23. The number of imidazole rings is 1. The average Bonchev–Trinajstić information content (AvgIpc) is 3.30. The first-order valence-electron chi connectivity index (χ1n) is 9.76. The Bertz CT molecular complexity index is 879. The van der Waals surface area contributed by atoms with E-state index in [0.717, 1.165) is 11.3 Å². The minimum Gasteiger partial charge on any atom is -0.379 e. The molecule has 3 N–H and O–H groups in total. The molecule has 158 valence electrons. The zero-order valence-electron chi connectivity index (χ0n) is 16.8. The van der Waals surface area contributed by atoms with Gasteiger partial charge in [0.05, 0.1) is 24.9 Å². The lowest BCUT2D eigenvalue weighted by Gasteiger charge is -2.34. The number of aromatic nitrogens is 2. The maximum absolute atomic E-state index is 12.9. The normalized spacial score (nSPS) is 21.3. The van der Waals surface area contributed by atoms with E-state index in [1.807, 2.05) is 13.8 Å². The Morgan fingerprint density at radius 3 is 2.86 bits per heavy atom. The summed E-state index contributed by atoms with van der Waals surface area (Å²) in [6, 6.07) is -1.26. The number of hydrogen-bond acceptors (Lipinski definition) is 6. The van der Waals surface area contributed by atoms with Crippen molar-refractivity contribution < 1.29 is 19.1 Å². The molecule has 0 radical (unpaired) electrons. The Kier molecular flexibility index (Phi) is 6.86. The number of rotatable bonds is 7. The van der Waals surface area contributed by atoms with Gasteiger partial charge in [0.1, 0.15) is 22.9 Å². The Labute approximate surface area is 173 Å². The van der Waals surface area contributed by atoms with Crippen LogP contribution >= 0.6 is 11.3 Å². The molecule has 1 fully saturated rings. The number of carbonyl (C=O) groups is 3. The summed E-state index contributed by atoms with van der Waals surface area (Å²) in [7, 11) is 0. The van der Waals surface area contributed by atoms with Gasteiger partial charge in [-0.1, -0.05) is 20.3 Å². The Morgan fingerprint density at radius 2 is 2.14 bits per heavy atom. The highest BCUT2D eigenvalue weighted by atomic mass is 32.1. The van der Waals surface area contributed by atoms with Gasteiger partial charge in [-0.3, -0.25) is 18.8 Å². The van der Waals surface area contributed by atoms with Gasteiger partial charge in [0.25, 0.3) is 5.91 Å². The first-order chi connectivity index (χ1) is 13.9. The van der Waals surface area contributed by atoms with Crippen molar-refractivity contribution in [3.63, 3.8) is 0 Å². The van der Waals surface area contributed by atoms with E-state index < -0.39 is 6.04 Å². The fraction of sp³-hybridized carbons (Fsp3) is 0.579. The quantitative estimate of drug-likeness (QED) is 0.616. The van der Waals surface area contributed by atoms with Crippen molar-refractivity contribution in [1.82, 2.24) is 25.3 Å². The van der Waals surface area contributed by atoms with Gasteiger partial charge in [0.2, 0.25) is 11.8 Å². The Balaban J connectivity index is 1.68. The minimum absolute atomic E-state index is 0.00730. The molecule has 3 rings (SSSR count). The van der Waals surface area contributed by atoms with Crippen molar-refractivity contribution >= 4 is 33.9 Å². The smallest absolute Gasteiger partial charge is 0.269 e. The molecule has 2 aromatic rings. The highest BCUT2D eigenvalue weighted by molar-refractivity contribution is 7.15. The van der Waals surface area contributed by atoms with E-state index in [9.17, 15) is 14.4 Å². The van der Waals surface area contributed by atoms with Crippen LogP contribution in [0.5, 0.6) is 0 Å². The van der Waals surface area contributed by atoms with Gasteiger partial charge in [-0.05, 0) is 12.3 Å². The molecule has 0 aromatic carbocycles. The van der Waals surface area contributed by atoms with Crippen LogP contribution in [-0.4, -0.2) is 58.4 Å². The van der Waals surface area contributed by atoms with Gasteiger partial charge < -0.3 is 20.7 Å². The summed E-state index contributed by atoms with van der Waals surface area (Å²) >= 11 is 1.44. The molecular formula is C19H27N5O4S. The molecule has 10 heteroatoms. The molecule has 0 aliphatic carbocycles. The van der Waals surface area contributed by atoms with Crippen LogP contribution in [0.1, 0.15) is 44.1 Å². The molecule has 29 heavy (non-hydrogen) atoms. The molecule has 9 nitrogen and oxygen atoms in total. The number of nitrogens with zero attached hydrogens (tertiary/aromatic N) is 2. The summed E-state index contributed by atoms with van der Waals surface area (Å²) in [6.07, 6.45) is 4.63. The zero-order valence-corrected chi connectivity index (χ0v) is 17.6. The topological polar surface area (TPSA) is 114 Å². The third-order valence-electron chi connectivity index (χ3n) is 5.24. The minimum atomic E-state index is -0.612. The molecule has 2 aromatic heterocycles. The summed E-state index contributed by atoms with van der Waals surface area (Å²) in [5.74, 6) is -0.742. The number of hydrogen-bond donors (Lipinski definition) is 3.